The van der Waals surface area contributed by atoms with E-state index in [1.54, 1.807) is 18.2 Å². The lowest BCUT2D eigenvalue weighted by Crippen LogP contribution is -2.08. The molecule has 0 aliphatic rings. The molecular weight excluding hydrogens is 303 g/mol. The van der Waals surface area contributed by atoms with E-state index in [1.807, 2.05) is 17.5 Å². The summed E-state index contributed by atoms with van der Waals surface area (Å²) in [5.74, 6) is -0.319. The number of benzene rings is 1. The molecule has 1 heterocycles. The Kier molecular flexibility index (Phi) is 4.43. The number of nitriles is 1. The number of hydrogen-bond acceptors (Lipinski definition) is 3. The molecule has 0 saturated carbocycles. The normalized spacial score (nSPS) is 9.95. The van der Waals surface area contributed by atoms with Gasteiger partial charge in [0, 0.05) is 10.3 Å². The van der Waals surface area contributed by atoms with Crippen LogP contribution in [0.5, 0.6) is 0 Å². The van der Waals surface area contributed by atoms with Crippen LogP contribution in [0.3, 0.4) is 0 Å². The summed E-state index contributed by atoms with van der Waals surface area (Å²) in [6.07, 6.45) is -0.155. The molecule has 19 heavy (non-hydrogen) atoms. The SMILES string of the molecule is N#CCC(=O)Nc1csc(-c2ccc(Cl)c(Cl)c2)c1. The van der Waals surface area contributed by atoms with E-state index in [0.717, 1.165) is 10.4 Å². The summed E-state index contributed by atoms with van der Waals surface area (Å²) in [7, 11) is 0. The predicted molar refractivity (Wildman–Crippen MR) is 78.6 cm³/mol. The van der Waals surface area contributed by atoms with E-state index in [4.69, 9.17) is 28.5 Å². The summed E-state index contributed by atoms with van der Waals surface area (Å²) in [6, 6.07) is 9.00. The summed E-state index contributed by atoms with van der Waals surface area (Å²) in [5.41, 5.74) is 1.60. The Hall–Kier alpha value is -1.54. The molecule has 0 atom stereocenters. The third kappa shape index (κ3) is 3.48. The minimum absolute atomic E-state index is 0.155. The molecule has 0 saturated heterocycles. The van der Waals surface area contributed by atoms with E-state index in [-0.39, 0.29) is 12.3 Å². The lowest BCUT2D eigenvalue weighted by molar-refractivity contribution is -0.115. The van der Waals surface area contributed by atoms with Gasteiger partial charge in [0.1, 0.15) is 6.42 Å². The predicted octanol–water partition coefficient (Wildman–Crippen LogP) is 4.57. The summed E-state index contributed by atoms with van der Waals surface area (Å²) >= 11 is 13.3. The maximum atomic E-state index is 11.3. The van der Waals surface area contributed by atoms with Crippen molar-refractivity contribution in [2.45, 2.75) is 6.42 Å². The van der Waals surface area contributed by atoms with Crippen LogP contribution in [0, 0.1) is 11.3 Å². The smallest absolute Gasteiger partial charge is 0.238 e. The maximum Gasteiger partial charge on any atom is 0.238 e. The molecule has 2 aromatic rings. The number of nitrogens with one attached hydrogen (secondary N) is 1. The Bertz CT molecular complexity index is 661. The standard InChI is InChI=1S/C13H8Cl2N2OS/c14-10-2-1-8(5-11(10)15)12-6-9(7-19-12)17-13(18)3-4-16/h1-2,5-7H,3H2,(H,17,18). The fourth-order valence-electron chi connectivity index (χ4n) is 1.48. The van der Waals surface area contributed by atoms with Gasteiger partial charge in [-0.15, -0.1) is 11.3 Å². The van der Waals surface area contributed by atoms with E-state index in [0.29, 0.717) is 15.7 Å². The fraction of sp³-hybridized carbons (Fsp3) is 0.0769. The average Bonchev–Trinajstić information content (AvgIpc) is 2.81. The number of carbonyl (C=O) groups is 1. The molecule has 1 amide bonds. The Balaban J connectivity index is 2.19. The molecule has 96 valence electrons. The summed E-state index contributed by atoms with van der Waals surface area (Å²) in [6.45, 7) is 0. The molecule has 0 unspecified atom stereocenters. The van der Waals surface area contributed by atoms with Gasteiger partial charge in [-0.25, -0.2) is 0 Å². The molecule has 0 spiro atoms. The fourth-order valence-corrected chi connectivity index (χ4v) is 2.62. The Morgan fingerprint density at radius 2 is 2.11 bits per heavy atom. The minimum Gasteiger partial charge on any atom is -0.324 e. The van der Waals surface area contributed by atoms with Crippen LogP contribution in [0.1, 0.15) is 6.42 Å². The monoisotopic (exact) mass is 310 g/mol. The second kappa shape index (κ2) is 6.07. The first-order valence-electron chi connectivity index (χ1n) is 5.31. The van der Waals surface area contributed by atoms with Crippen molar-refractivity contribution in [3.05, 3.63) is 39.7 Å². The quantitative estimate of drug-likeness (QED) is 0.902. The van der Waals surface area contributed by atoms with Crippen molar-refractivity contribution in [3.8, 4) is 16.5 Å². The van der Waals surface area contributed by atoms with Gasteiger partial charge < -0.3 is 5.32 Å². The summed E-state index contributed by atoms with van der Waals surface area (Å²) < 4.78 is 0. The summed E-state index contributed by atoms with van der Waals surface area (Å²) in [4.78, 5) is 12.3. The van der Waals surface area contributed by atoms with Crippen molar-refractivity contribution in [2.75, 3.05) is 5.32 Å². The van der Waals surface area contributed by atoms with E-state index in [1.165, 1.54) is 11.3 Å². The Morgan fingerprint density at radius 1 is 1.32 bits per heavy atom. The first-order chi connectivity index (χ1) is 9.10. The number of nitrogens with zero attached hydrogens (tertiary/aromatic N) is 1. The van der Waals surface area contributed by atoms with Crippen molar-refractivity contribution in [3.63, 3.8) is 0 Å². The molecule has 3 nitrogen and oxygen atoms in total. The number of thiophene rings is 1. The first-order valence-corrected chi connectivity index (χ1v) is 6.94. The third-order valence-corrected chi connectivity index (χ3v) is 4.05. The first kappa shape index (κ1) is 13.9. The molecule has 1 aromatic carbocycles. The van der Waals surface area contributed by atoms with Crippen LogP contribution in [-0.4, -0.2) is 5.91 Å². The van der Waals surface area contributed by atoms with Gasteiger partial charge in [0.05, 0.1) is 21.8 Å². The zero-order valence-corrected chi connectivity index (χ0v) is 11.9. The number of rotatable bonds is 3. The molecule has 0 aliphatic heterocycles. The van der Waals surface area contributed by atoms with Gasteiger partial charge in [0.25, 0.3) is 0 Å². The number of halogens is 2. The molecule has 1 N–H and O–H groups in total. The van der Waals surface area contributed by atoms with Gasteiger partial charge >= 0.3 is 0 Å². The van der Waals surface area contributed by atoms with Crippen LogP contribution >= 0.6 is 34.5 Å². The largest absolute Gasteiger partial charge is 0.324 e. The van der Waals surface area contributed by atoms with Crippen LogP contribution in [0.4, 0.5) is 5.69 Å². The molecule has 1 aromatic heterocycles. The van der Waals surface area contributed by atoms with Crippen LogP contribution in [0.15, 0.2) is 29.6 Å². The van der Waals surface area contributed by atoms with Gasteiger partial charge in [-0.2, -0.15) is 5.26 Å². The van der Waals surface area contributed by atoms with Crippen LogP contribution in [0.2, 0.25) is 10.0 Å². The number of carbonyl (C=O) groups excluding carboxylic acids is 1. The van der Waals surface area contributed by atoms with Gasteiger partial charge in [0.2, 0.25) is 5.91 Å². The van der Waals surface area contributed by atoms with Crippen molar-refractivity contribution < 1.29 is 4.79 Å². The Morgan fingerprint density at radius 3 is 2.79 bits per heavy atom. The third-order valence-electron chi connectivity index (χ3n) is 2.33. The van der Waals surface area contributed by atoms with Crippen molar-refractivity contribution in [1.82, 2.24) is 0 Å². The van der Waals surface area contributed by atoms with Gasteiger partial charge in [-0.05, 0) is 23.8 Å². The Labute approximate surface area is 124 Å². The highest BCUT2D eigenvalue weighted by Crippen LogP contribution is 2.33. The van der Waals surface area contributed by atoms with E-state index < -0.39 is 0 Å². The average molecular weight is 311 g/mol. The van der Waals surface area contributed by atoms with Crippen LogP contribution in [-0.2, 0) is 4.79 Å². The lowest BCUT2D eigenvalue weighted by atomic mass is 10.2. The second-order valence-corrected chi connectivity index (χ2v) is 5.44. The molecule has 2 rings (SSSR count). The van der Waals surface area contributed by atoms with Crippen molar-refractivity contribution in [1.29, 1.82) is 5.26 Å². The minimum atomic E-state index is -0.319. The van der Waals surface area contributed by atoms with E-state index >= 15 is 0 Å². The molecule has 0 aliphatic carbocycles. The maximum absolute atomic E-state index is 11.3. The topological polar surface area (TPSA) is 52.9 Å². The van der Waals surface area contributed by atoms with Crippen molar-refractivity contribution >= 4 is 46.1 Å². The molecule has 0 bridgehead atoms. The summed E-state index contributed by atoms with van der Waals surface area (Å²) in [5, 5.41) is 13.9. The van der Waals surface area contributed by atoms with E-state index in [9.17, 15) is 4.79 Å². The lowest BCUT2D eigenvalue weighted by Gasteiger charge is -2.00. The van der Waals surface area contributed by atoms with Crippen molar-refractivity contribution in [2.24, 2.45) is 0 Å². The second-order valence-electron chi connectivity index (χ2n) is 3.71. The zero-order chi connectivity index (χ0) is 13.8. The number of anilines is 1. The van der Waals surface area contributed by atoms with E-state index in [2.05, 4.69) is 5.32 Å². The van der Waals surface area contributed by atoms with Gasteiger partial charge in [-0.3, -0.25) is 4.79 Å². The highest BCUT2D eigenvalue weighted by Gasteiger charge is 2.07. The van der Waals surface area contributed by atoms with Gasteiger partial charge in [0.15, 0.2) is 0 Å². The molecule has 6 heteroatoms. The van der Waals surface area contributed by atoms with Crippen LogP contribution in [0.25, 0.3) is 10.4 Å². The van der Waals surface area contributed by atoms with Gasteiger partial charge in [-0.1, -0.05) is 29.3 Å². The zero-order valence-electron chi connectivity index (χ0n) is 9.61. The van der Waals surface area contributed by atoms with Crippen LogP contribution < -0.4 is 5.32 Å². The number of hydrogen-bond donors (Lipinski definition) is 1. The number of amides is 1. The molecular formula is C13H8Cl2N2OS. The highest BCUT2D eigenvalue weighted by molar-refractivity contribution is 7.14. The highest BCUT2D eigenvalue weighted by atomic mass is 35.5. The molecule has 0 radical (unpaired) electrons. The molecule has 0 fully saturated rings.